The van der Waals surface area contributed by atoms with Crippen molar-refractivity contribution in [2.45, 2.75) is 32.0 Å². The number of amides is 1. The summed E-state index contributed by atoms with van der Waals surface area (Å²) in [4.78, 5) is 19.6. The van der Waals surface area contributed by atoms with Crippen LogP contribution in [0.25, 0.3) is 0 Å². The van der Waals surface area contributed by atoms with Gasteiger partial charge >= 0.3 is 0 Å². The zero-order valence-electron chi connectivity index (χ0n) is 15.7. The van der Waals surface area contributed by atoms with Crippen LogP contribution in [0, 0.1) is 0 Å². The van der Waals surface area contributed by atoms with Gasteiger partial charge in [-0.15, -0.1) is 0 Å². The van der Waals surface area contributed by atoms with E-state index in [0.29, 0.717) is 24.4 Å². The van der Waals surface area contributed by atoms with Crippen LogP contribution in [-0.4, -0.2) is 33.5 Å². The standard InChI is InChI=1S/C22H22ClN3O2/c1-28-19-7-4-6-16(13-19)22(27)26(18-9-10-18)15-21-24-11-12-25(21)14-17-5-2-3-8-20(17)23/h2-8,11-13,18H,9-10,14-15H2,1H3. The van der Waals surface area contributed by atoms with E-state index in [2.05, 4.69) is 9.55 Å². The Kier molecular flexibility index (Phi) is 5.35. The van der Waals surface area contributed by atoms with Crippen LogP contribution >= 0.6 is 11.6 Å². The number of aromatic nitrogens is 2. The first-order valence-electron chi connectivity index (χ1n) is 9.34. The number of ether oxygens (including phenoxy) is 1. The van der Waals surface area contributed by atoms with E-state index in [0.717, 1.165) is 29.3 Å². The molecular weight excluding hydrogens is 374 g/mol. The maximum absolute atomic E-state index is 13.2. The molecule has 0 atom stereocenters. The van der Waals surface area contributed by atoms with E-state index in [9.17, 15) is 4.79 Å². The Morgan fingerprint density at radius 2 is 2.07 bits per heavy atom. The third-order valence-electron chi connectivity index (χ3n) is 4.98. The minimum absolute atomic E-state index is 0.00805. The predicted molar refractivity (Wildman–Crippen MR) is 109 cm³/mol. The lowest BCUT2D eigenvalue weighted by atomic mass is 10.2. The van der Waals surface area contributed by atoms with Gasteiger partial charge in [0.25, 0.3) is 5.91 Å². The highest BCUT2D eigenvalue weighted by Gasteiger charge is 2.34. The molecule has 1 heterocycles. The second kappa shape index (κ2) is 8.07. The topological polar surface area (TPSA) is 47.4 Å². The van der Waals surface area contributed by atoms with Gasteiger partial charge in [0, 0.05) is 29.0 Å². The van der Waals surface area contributed by atoms with Crippen molar-refractivity contribution in [3.05, 3.63) is 82.9 Å². The van der Waals surface area contributed by atoms with Crippen molar-refractivity contribution < 1.29 is 9.53 Å². The van der Waals surface area contributed by atoms with Gasteiger partial charge in [-0.2, -0.15) is 0 Å². The largest absolute Gasteiger partial charge is 0.497 e. The van der Waals surface area contributed by atoms with Crippen LogP contribution in [0.5, 0.6) is 5.75 Å². The minimum atomic E-state index is 0.00805. The van der Waals surface area contributed by atoms with Crippen molar-refractivity contribution in [1.82, 2.24) is 14.5 Å². The summed E-state index contributed by atoms with van der Waals surface area (Å²) in [5.74, 6) is 1.54. The molecule has 1 aromatic heterocycles. The van der Waals surface area contributed by atoms with Crippen LogP contribution in [0.4, 0.5) is 0 Å². The van der Waals surface area contributed by atoms with Crippen molar-refractivity contribution in [3.63, 3.8) is 0 Å². The first kappa shape index (κ1) is 18.6. The molecule has 3 aromatic rings. The predicted octanol–water partition coefficient (Wildman–Crippen LogP) is 4.40. The number of benzene rings is 2. The van der Waals surface area contributed by atoms with Gasteiger partial charge in [-0.1, -0.05) is 35.9 Å². The zero-order chi connectivity index (χ0) is 19.5. The monoisotopic (exact) mass is 395 g/mol. The molecule has 1 aliphatic carbocycles. The molecule has 0 spiro atoms. The maximum Gasteiger partial charge on any atom is 0.254 e. The number of methoxy groups -OCH3 is 1. The highest BCUT2D eigenvalue weighted by molar-refractivity contribution is 6.31. The van der Waals surface area contributed by atoms with Gasteiger partial charge in [0.05, 0.1) is 20.2 Å². The van der Waals surface area contributed by atoms with Gasteiger partial charge < -0.3 is 14.2 Å². The smallest absolute Gasteiger partial charge is 0.254 e. The summed E-state index contributed by atoms with van der Waals surface area (Å²) in [5, 5.41) is 0.730. The average molecular weight is 396 g/mol. The summed E-state index contributed by atoms with van der Waals surface area (Å²) in [6, 6.07) is 15.4. The number of rotatable bonds is 7. The van der Waals surface area contributed by atoms with Gasteiger partial charge in [-0.3, -0.25) is 4.79 Å². The fraction of sp³-hybridized carbons (Fsp3) is 0.273. The summed E-state index contributed by atoms with van der Waals surface area (Å²) in [7, 11) is 1.60. The highest BCUT2D eigenvalue weighted by Crippen LogP contribution is 2.30. The fourth-order valence-electron chi connectivity index (χ4n) is 3.27. The van der Waals surface area contributed by atoms with Gasteiger partial charge in [0.15, 0.2) is 0 Å². The van der Waals surface area contributed by atoms with Gasteiger partial charge in [0.2, 0.25) is 0 Å². The zero-order valence-corrected chi connectivity index (χ0v) is 16.5. The maximum atomic E-state index is 13.2. The Balaban J connectivity index is 1.56. The van der Waals surface area contributed by atoms with Crippen molar-refractivity contribution >= 4 is 17.5 Å². The number of nitrogens with zero attached hydrogens (tertiary/aromatic N) is 3. The molecule has 6 heteroatoms. The van der Waals surface area contributed by atoms with E-state index in [1.165, 1.54) is 0 Å². The number of carbonyl (C=O) groups is 1. The summed E-state index contributed by atoms with van der Waals surface area (Å²) >= 11 is 6.31. The van der Waals surface area contributed by atoms with Crippen molar-refractivity contribution in [3.8, 4) is 5.75 Å². The summed E-state index contributed by atoms with van der Waals surface area (Å²) in [6.45, 7) is 1.10. The second-order valence-electron chi connectivity index (χ2n) is 6.96. The quantitative estimate of drug-likeness (QED) is 0.595. The lowest BCUT2D eigenvalue weighted by molar-refractivity contribution is 0.0723. The summed E-state index contributed by atoms with van der Waals surface area (Å²) in [5.41, 5.74) is 1.66. The van der Waals surface area contributed by atoms with Crippen molar-refractivity contribution in [1.29, 1.82) is 0 Å². The molecule has 144 valence electrons. The van der Waals surface area contributed by atoms with Crippen LogP contribution in [0.15, 0.2) is 60.9 Å². The average Bonchev–Trinajstić information content (AvgIpc) is 3.47. The Hall–Kier alpha value is -2.79. The highest BCUT2D eigenvalue weighted by atomic mass is 35.5. The Morgan fingerprint density at radius 3 is 2.82 bits per heavy atom. The first-order chi connectivity index (χ1) is 13.7. The van der Waals surface area contributed by atoms with Crippen molar-refractivity contribution in [2.24, 2.45) is 0 Å². The lowest BCUT2D eigenvalue weighted by Crippen LogP contribution is -2.33. The molecule has 4 rings (SSSR count). The third-order valence-corrected chi connectivity index (χ3v) is 5.35. The van der Waals surface area contributed by atoms with E-state index in [-0.39, 0.29) is 11.9 Å². The normalized spacial score (nSPS) is 13.4. The second-order valence-corrected chi connectivity index (χ2v) is 7.37. The first-order valence-corrected chi connectivity index (χ1v) is 9.72. The number of hydrogen-bond acceptors (Lipinski definition) is 3. The molecule has 2 aromatic carbocycles. The van der Waals surface area contributed by atoms with Crippen LogP contribution in [0.3, 0.4) is 0 Å². The van der Waals surface area contributed by atoms with Crippen LogP contribution in [0.2, 0.25) is 5.02 Å². The molecule has 0 N–H and O–H groups in total. The number of hydrogen-bond donors (Lipinski definition) is 0. The van der Waals surface area contributed by atoms with E-state index in [4.69, 9.17) is 16.3 Å². The SMILES string of the molecule is COc1cccc(C(=O)N(Cc2nccn2Cc2ccccc2Cl)C2CC2)c1. The minimum Gasteiger partial charge on any atom is -0.497 e. The van der Waals surface area contributed by atoms with Gasteiger partial charge in [-0.25, -0.2) is 4.98 Å². The molecule has 1 aliphatic rings. The van der Waals surface area contributed by atoms with E-state index in [1.807, 2.05) is 53.6 Å². The molecule has 28 heavy (non-hydrogen) atoms. The number of carbonyl (C=O) groups excluding carboxylic acids is 1. The number of halogens is 1. The summed E-state index contributed by atoms with van der Waals surface area (Å²) in [6.07, 6.45) is 5.76. The third kappa shape index (κ3) is 4.04. The molecule has 0 unspecified atom stereocenters. The van der Waals surface area contributed by atoms with Gasteiger partial charge in [-0.05, 0) is 42.7 Å². The van der Waals surface area contributed by atoms with E-state index >= 15 is 0 Å². The van der Waals surface area contributed by atoms with E-state index < -0.39 is 0 Å². The molecular formula is C22H22ClN3O2. The fourth-order valence-corrected chi connectivity index (χ4v) is 3.47. The number of imidazole rings is 1. The Labute approximate surface area is 169 Å². The molecule has 1 amide bonds. The van der Waals surface area contributed by atoms with Gasteiger partial charge in [0.1, 0.15) is 11.6 Å². The molecule has 0 radical (unpaired) electrons. The molecule has 0 saturated heterocycles. The van der Waals surface area contributed by atoms with Crippen LogP contribution in [0.1, 0.15) is 34.6 Å². The van der Waals surface area contributed by atoms with Crippen LogP contribution in [-0.2, 0) is 13.1 Å². The molecule has 1 saturated carbocycles. The molecule has 1 fully saturated rings. The Morgan fingerprint density at radius 1 is 1.25 bits per heavy atom. The molecule has 5 nitrogen and oxygen atoms in total. The van der Waals surface area contributed by atoms with E-state index in [1.54, 1.807) is 19.4 Å². The molecule has 0 aliphatic heterocycles. The molecule has 0 bridgehead atoms. The van der Waals surface area contributed by atoms with Crippen LogP contribution < -0.4 is 4.74 Å². The summed E-state index contributed by atoms with van der Waals surface area (Å²) < 4.78 is 7.31. The van der Waals surface area contributed by atoms with Crippen molar-refractivity contribution in [2.75, 3.05) is 7.11 Å². The Bertz CT molecular complexity index is 981. The lowest BCUT2D eigenvalue weighted by Gasteiger charge is -2.23.